The Morgan fingerprint density at radius 2 is 2.25 bits per heavy atom. The average molecular weight is 232 g/mol. The van der Waals surface area contributed by atoms with Crippen LogP contribution in [0.15, 0.2) is 24.2 Å². The molecule has 0 saturated carbocycles. The van der Waals surface area contributed by atoms with E-state index in [0.29, 0.717) is 0 Å². The summed E-state index contributed by atoms with van der Waals surface area (Å²) in [6.45, 7) is -3.28. The molecular formula is C12H14O4. The standard InChI is InChI=1S/C12H14O4/c1-8-4-2-3-5-9(8)6-10(12(15)16)7-11(13)14/h2-5,10H,6-7H2,1H3,(H,13,14)(H,15,16)/i1D3,2D,3D,4D,5D,6D2,10D. The summed E-state index contributed by atoms with van der Waals surface area (Å²) in [7, 11) is 0. The van der Waals surface area contributed by atoms with Gasteiger partial charge in [-0.25, -0.2) is 0 Å². The van der Waals surface area contributed by atoms with Crippen molar-refractivity contribution in [1.82, 2.24) is 0 Å². The molecule has 0 fully saturated rings. The van der Waals surface area contributed by atoms with Crippen LogP contribution in [0.1, 0.15) is 31.3 Å². The molecule has 0 heterocycles. The largest absolute Gasteiger partial charge is 0.481 e. The first-order valence-electron chi connectivity index (χ1n) is 9.06. The van der Waals surface area contributed by atoms with Gasteiger partial charge in [-0.05, 0) is 24.4 Å². The summed E-state index contributed by atoms with van der Waals surface area (Å²) in [4.78, 5) is 22.4. The third-order valence-electron chi connectivity index (χ3n) is 1.55. The SMILES string of the molecule is [2H]c1c([2H])c([2H])c(C([2H])([2H])C([2H])(CC(=O)O)C(=O)O)c(C([2H])([2H])[2H])c1[2H]. The van der Waals surface area contributed by atoms with Crippen LogP contribution in [0.3, 0.4) is 0 Å². The lowest BCUT2D eigenvalue weighted by atomic mass is 9.94. The summed E-state index contributed by atoms with van der Waals surface area (Å²) < 4.78 is 76.9. The molecule has 1 rings (SSSR count). The third kappa shape index (κ3) is 3.38. The van der Waals surface area contributed by atoms with Gasteiger partial charge in [0.15, 0.2) is 0 Å². The molecule has 0 bridgehead atoms. The number of rotatable bonds is 5. The van der Waals surface area contributed by atoms with Gasteiger partial charge in [-0.3, -0.25) is 9.59 Å². The van der Waals surface area contributed by atoms with Crippen molar-refractivity contribution in [1.29, 1.82) is 0 Å². The number of carboxylic acids is 2. The zero-order valence-corrected chi connectivity index (χ0v) is 7.92. The first-order chi connectivity index (χ1) is 11.5. The van der Waals surface area contributed by atoms with Gasteiger partial charge in [0.25, 0.3) is 0 Å². The molecular weight excluding hydrogens is 208 g/mol. The highest BCUT2D eigenvalue weighted by Crippen LogP contribution is 2.16. The van der Waals surface area contributed by atoms with Gasteiger partial charge in [0.1, 0.15) is 0 Å². The molecule has 4 nitrogen and oxygen atoms in total. The van der Waals surface area contributed by atoms with E-state index in [1.807, 2.05) is 0 Å². The van der Waals surface area contributed by atoms with Crippen LogP contribution in [-0.4, -0.2) is 22.2 Å². The Hall–Kier alpha value is -1.84. The third-order valence-corrected chi connectivity index (χ3v) is 1.55. The maximum Gasteiger partial charge on any atom is 0.307 e. The first kappa shape index (κ1) is 4.20. The van der Waals surface area contributed by atoms with Crippen molar-refractivity contribution in [2.75, 3.05) is 0 Å². The van der Waals surface area contributed by atoms with Gasteiger partial charge < -0.3 is 10.2 Å². The summed E-state index contributed by atoms with van der Waals surface area (Å²) in [5, 5.41) is 18.1. The Bertz CT molecular complexity index is 773. The molecule has 0 aliphatic carbocycles. The molecule has 0 amide bonds. The molecule has 2 N–H and O–H groups in total. The van der Waals surface area contributed by atoms with Gasteiger partial charge in [0, 0.05) is 8.22 Å². The van der Waals surface area contributed by atoms with Crippen molar-refractivity contribution >= 4 is 11.9 Å². The second kappa shape index (κ2) is 5.30. The quantitative estimate of drug-likeness (QED) is 0.810. The lowest BCUT2D eigenvalue weighted by Gasteiger charge is -2.11. The van der Waals surface area contributed by atoms with Crippen LogP contribution >= 0.6 is 0 Å². The normalized spacial score (nSPS) is 24.8. The van der Waals surface area contributed by atoms with Crippen molar-refractivity contribution in [3.63, 3.8) is 0 Å². The molecule has 0 spiro atoms. The van der Waals surface area contributed by atoms with Gasteiger partial charge in [-0.15, -0.1) is 0 Å². The van der Waals surface area contributed by atoms with E-state index < -0.39 is 72.8 Å². The van der Waals surface area contributed by atoms with Gasteiger partial charge in [-0.1, -0.05) is 24.2 Å². The lowest BCUT2D eigenvalue weighted by molar-refractivity contribution is -0.148. The van der Waals surface area contributed by atoms with E-state index >= 15 is 0 Å². The predicted molar refractivity (Wildman–Crippen MR) is 58.3 cm³/mol. The monoisotopic (exact) mass is 232 g/mol. The molecule has 1 aromatic carbocycles. The number of carbonyl (C=O) groups is 2. The Labute approximate surface area is 108 Å². The smallest absolute Gasteiger partial charge is 0.307 e. The van der Waals surface area contributed by atoms with Crippen LogP contribution in [0.2, 0.25) is 0 Å². The number of carboxylic acid groups (broad SMARTS) is 2. The van der Waals surface area contributed by atoms with E-state index in [1.165, 1.54) is 0 Å². The van der Waals surface area contributed by atoms with E-state index in [9.17, 15) is 14.7 Å². The van der Waals surface area contributed by atoms with Crippen molar-refractivity contribution in [3.05, 3.63) is 35.3 Å². The van der Waals surface area contributed by atoms with Crippen molar-refractivity contribution in [2.24, 2.45) is 5.89 Å². The fourth-order valence-corrected chi connectivity index (χ4v) is 0.882. The Balaban J connectivity index is 4.05. The molecule has 86 valence electrons. The molecule has 0 aliphatic heterocycles. The average Bonchev–Trinajstić information content (AvgIpc) is 2.45. The van der Waals surface area contributed by atoms with E-state index in [0.717, 1.165) is 0 Å². The molecule has 0 radical (unpaired) electrons. The molecule has 16 heavy (non-hydrogen) atoms. The highest BCUT2D eigenvalue weighted by atomic mass is 16.4. The summed E-state index contributed by atoms with van der Waals surface area (Å²) >= 11 is 0. The number of benzene rings is 1. The van der Waals surface area contributed by atoms with E-state index in [2.05, 4.69) is 0 Å². The molecule has 1 atom stereocenters. The topological polar surface area (TPSA) is 74.6 Å². The number of hydrogen-bond donors (Lipinski definition) is 2. The van der Waals surface area contributed by atoms with E-state index in [-0.39, 0.29) is 0 Å². The summed E-state index contributed by atoms with van der Waals surface area (Å²) in [6.07, 6.45) is -5.14. The number of hydrogen-bond acceptors (Lipinski definition) is 2. The molecule has 4 heteroatoms. The fourth-order valence-electron chi connectivity index (χ4n) is 0.882. The fraction of sp³-hybridized carbons (Fsp3) is 0.333. The molecule has 1 aromatic rings. The molecule has 0 aromatic heterocycles. The molecule has 0 aliphatic rings. The van der Waals surface area contributed by atoms with E-state index in [1.54, 1.807) is 0 Å². The van der Waals surface area contributed by atoms with Crippen molar-refractivity contribution in [2.45, 2.75) is 19.6 Å². The van der Waals surface area contributed by atoms with Crippen molar-refractivity contribution < 1.29 is 33.5 Å². The second-order valence-electron chi connectivity index (χ2n) is 2.73. The first-order valence-corrected chi connectivity index (χ1v) is 4.06. The van der Waals surface area contributed by atoms with E-state index in [4.69, 9.17) is 18.8 Å². The summed E-state index contributed by atoms with van der Waals surface area (Å²) in [6, 6.07) is -4.33. The Kier molecular flexibility index (Phi) is 1.39. The zero-order valence-electron chi connectivity index (χ0n) is 17.9. The van der Waals surface area contributed by atoms with Crippen molar-refractivity contribution in [3.8, 4) is 0 Å². The predicted octanol–water partition coefficient (Wildman–Crippen LogP) is 1.71. The van der Waals surface area contributed by atoms with Crippen LogP contribution in [-0.2, 0) is 16.0 Å². The van der Waals surface area contributed by atoms with Crippen LogP contribution in [0, 0.1) is 12.7 Å². The maximum absolute atomic E-state index is 11.5. The molecule has 1 unspecified atom stereocenters. The van der Waals surface area contributed by atoms with Crippen LogP contribution in [0.25, 0.3) is 0 Å². The Morgan fingerprint density at radius 3 is 2.81 bits per heavy atom. The van der Waals surface area contributed by atoms with Crippen LogP contribution in [0.4, 0.5) is 0 Å². The summed E-state index contributed by atoms with van der Waals surface area (Å²) in [5.74, 6) is -7.53. The minimum absolute atomic E-state index is 0.982. The highest BCUT2D eigenvalue weighted by molar-refractivity contribution is 5.78. The lowest BCUT2D eigenvalue weighted by Crippen LogP contribution is -2.20. The van der Waals surface area contributed by atoms with Crippen LogP contribution in [0.5, 0.6) is 0 Å². The number of aliphatic carboxylic acids is 2. The van der Waals surface area contributed by atoms with Gasteiger partial charge in [0.05, 0.1) is 17.8 Å². The maximum atomic E-state index is 11.5. The summed E-state index contributed by atoms with van der Waals surface area (Å²) in [5.41, 5.74) is -2.47. The van der Waals surface area contributed by atoms with Gasteiger partial charge in [0.2, 0.25) is 0 Å². The second-order valence-corrected chi connectivity index (χ2v) is 2.73. The molecule has 0 saturated heterocycles. The zero-order chi connectivity index (χ0) is 20.8. The van der Waals surface area contributed by atoms with Gasteiger partial charge >= 0.3 is 11.9 Å². The minimum Gasteiger partial charge on any atom is -0.481 e. The van der Waals surface area contributed by atoms with Gasteiger partial charge in [-0.2, -0.15) is 0 Å². The van der Waals surface area contributed by atoms with Crippen LogP contribution < -0.4 is 0 Å². The highest BCUT2D eigenvalue weighted by Gasteiger charge is 2.21. The Morgan fingerprint density at radius 1 is 1.56 bits per heavy atom. The minimum atomic E-state index is -3.57.